The zero-order valence-corrected chi connectivity index (χ0v) is 11.6. The van der Waals surface area contributed by atoms with Gasteiger partial charge in [0.15, 0.2) is 0 Å². The molecule has 0 saturated carbocycles. The van der Waals surface area contributed by atoms with Crippen LogP contribution in [0, 0.1) is 6.92 Å². The molecule has 0 aliphatic carbocycles. The van der Waals surface area contributed by atoms with Gasteiger partial charge in [0.25, 0.3) is 0 Å². The van der Waals surface area contributed by atoms with Crippen LogP contribution < -0.4 is 0 Å². The molecule has 0 unspecified atom stereocenters. The van der Waals surface area contributed by atoms with Crippen molar-refractivity contribution >= 4 is 26.7 Å². The SMILES string of the molecule is Cc1ccc2c(-c3ccccc3Br)nccc2c1. The number of halogens is 1. The van der Waals surface area contributed by atoms with E-state index in [0.29, 0.717) is 0 Å². The third kappa shape index (κ3) is 1.93. The normalized spacial score (nSPS) is 10.8. The maximum atomic E-state index is 4.54. The van der Waals surface area contributed by atoms with Crippen molar-refractivity contribution < 1.29 is 0 Å². The van der Waals surface area contributed by atoms with Crippen LogP contribution in [0.25, 0.3) is 22.0 Å². The van der Waals surface area contributed by atoms with Gasteiger partial charge in [0.2, 0.25) is 0 Å². The van der Waals surface area contributed by atoms with Gasteiger partial charge in [-0.3, -0.25) is 4.98 Å². The number of pyridine rings is 1. The lowest BCUT2D eigenvalue weighted by Crippen LogP contribution is -1.87. The van der Waals surface area contributed by atoms with Gasteiger partial charge in [-0.2, -0.15) is 0 Å². The fourth-order valence-electron chi connectivity index (χ4n) is 2.17. The lowest BCUT2D eigenvalue weighted by molar-refractivity contribution is 1.35. The first-order valence-electron chi connectivity index (χ1n) is 5.86. The van der Waals surface area contributed by atoms with Crippen LogP contribution in [-0.4, -0.2) is 4.98 Å². The number of aromatic nitrogens is 1. The van der Waals surface area contributed by atoms with E-state index in [9.17, 15) is 0 Å². The van der Waals surface area contributed by atoms with E-state index in [-0.39, 0.29) is 0 Å². The summed E-state index contributed by atoms with van der Waals surface area (Å²) in [6.07, 6.45) is 1.87. The Bertz CT molecular complexity index is 719. The minimum Gasteiger partial charge on any atom is -0.256 e. The van der Waals surface area contributed by atoms with Gasteiger partial charge >= 0.3 is 0 Å². The van der Waals surface area contributed by atoms with Crippen molar-refractivity contribution in [2.45, 2.75) is 6.92 Å². The molecule has 1 nitrogen and oxygen atoms in total. The number of aryl methyl sites for hydroxylation is 1. The molecule has 0 radical (unpaired) electrons. The monoisotopic (exact) mass is 297 g/mol. The van der Waals surface area contributed by atoms with E-state index < -0.39 is 0 Å². The van der Waals surface area contributed by atoms with Crippen molar-refractivity contribution in [1.29, 1.82) is 0 Å². The van der Waals surface area contributed by atoms with Gasteiger partial charge in [-0.1, -0.05) is 57.9 Å². The Morgan fingerprint density at radius 1 is 1.00 bits per heavy atom. The summed E-state index contributed by atoms with van der Waals surface area (Å²) in [5.74, 6) is 0. The van der Waals surface area contributed by atoms with Crippen molar-refractivity contribution in [1.82, 2.24) is 4.98 Å². The molecule has 3 aromatic rings. The second-order valence-corrected chi connectivity index (χ2v) is 5.22. The molecule has 0 bridgehead atoms. The van der Waals surface area contributed by atoms with Crippen molar-refractivity contribution in [3.8, 4) is 11.3 Å². The van der Waals surface area contributed by atoms with E-state index in [1.165, 1.54) is 16.3 Å². The Hall–Kier alpha value is -1.67. The van der Waals surface area contributed by atoms with Gasteiger partial charge in [0.05, 0.1) is 5.69 Å². The maximum absolute atomic E-state index is 4.54. The van der Waals surface area contributed by atoms with Gasteiger partial charge in [-0.25, -0.2) is 0 Å². The number of rotatable bonds is 1. The minimum absolute atomic E-state index is 1.03. The smallest absolute Gasteiger partial charge is 0.0791 e. The molecule has 0 N–H and O–H groups in total. The molecule has 3 rings (SSSR count). The molecule has 2 heteroatoms. The van der Waals surface area contributed by atoms with E-state index >= 15 is 0 Å². The van der Waals surface area contributed by atoms with Crippen LogP contribution in [-0.2, 0) is 0 Å². The van der Waals surface area contributed by atoms with Crippen LogP contribution >= 0.6 is 15.9 Å². The standard InChI is InChI=1S/C16H12BrN/c1-11-6-7-13-12(10-11)8-9-18-16(13)14-4-2-3-5-15(14)17/h2-10H,1H3. The summed E-state index contributed by atoms with van der Waals surface area (Å²) < 4.78 is 1.07. The summed E-state index contributed by atoms with van der Waals surface area (Å²) in [6.45, 7) is 2.11. The molecule has 1 aromatic heterocycles. The van der Waals surface area contributed by atoms with Crippen molar-refractivity contribution in [3.05, 3.63) is 64.8 Å². The number of hydrogen-bond acceptors (Lipinski definition) is 1. The minimum atomic E-state index is 1.03. The molecule has 0 amide bonds. The number of hydrogen-bond donors (Lipinski definition) is 0. The molecule has 1 heterocycles. The van der Waals surface area contributed by atoms with Crippen LogP contribution in [0.5, 0.6) is 0 Å². The van der Waals surface area contributed by atoms with Gasteiger partial charge in [-0.15, -0.1) is 0 Å². The zero-order chi connectivity index (χ0) is 12.5. The summed E-state index contributed by atoms with van der Waals surface area (Å²) in [7, 11) is 0. The molecular weight excluding hydrogens is 286 g/mol. The van der Waals surface area contributed by atoms with E-state index in [0.717, 1.165) is 15.7 Å². The molecule has 0 saturated heterocycles. The van der Waals surface area contributed by atoms with Crippen LogP contribution in [0.3, 0.4) is 0 Å². The second kappa shape index (κ2) is 4.54. The van der Waals surface area contributed by atoms with E-state index in [4.69, 9.17) is 0 Å². The summed E-state index contributed by atoms with van der Waals surface area (Å²) in [5.41, 5.74) is 3.43. The van der Waals surface area contributed by atoms with Gasteiger partial charge in [0.1, 0.15) is 0 Å². The lowest BCUT2D eigenvalue weighted by atomic mass is 10.0. The first-order valence-corrected chi connectivity index (χ1v) is 6.65. The third-order valence-electron chi connectivity index (χ3n) is 3.05. The van der Waals surface area contributed by atoms with E-state index in [1.807, 2.05) is 24.4 Å². The molecule has 0 aliphatic rings. The first-order chi connectivity index (χ1) is 8.75. The predicted octanol–water partition coefficient (Wildman–Crippen LogP) is 4.97. The third-order valence-corrected chi connectivity index (χ3v) is 3.74. The van der Waals surface area contributed by atoms with Gasteiger partial charge in [-0.05, 0) is 24.4 Å². The topological polar surface area (TPSA) is 12.9 Å². The maximum Gasteiger partial charge on any atom is 0.0791 e. The fourth-order valence-corrected chi connectivity index (χ4v) is 2.64. The Morgan fingerprint density at radius 3 is 2.67 bits per heavy atom. The first kappa shape index (κ1) is 11.4. The molecular formula is C16H12BrN. The number of fused-ring (bicyclic) bond motifs is 1. The van der Waals surface area contributed by atoms with E-state index in [1.54, 1.807) is 0 Å². The number of nitrogens with zero attached hydrogens (tertiary/aromatic N) is 1. The zero-order valence-electron chi connectivity index (χ0n) is 10.0. The largest absolute Gasteiger partial charge is 0.256 e. The Kier molecular flexibility index (Phi) is 2.88. The molecule has 0 fully saturated rings. The molecule has 0 atom stereocenters. The highest BCUT2D eigenvalue weighted by molar-refractivity contribution is 9.10. The highest BCUT2D eigenvalue weighted by Gasteiger charge is 2.07. The Labute approximate surface area is 115 Å². The summed E-state index contributed by atoms with van der Waals surface area (Å²) in [4.78, 5) is 4.54. The predicted molar refractivity (Wildman–Crippen MR) is 79.6 cm³/mol. The number of benzene rings is 2. The highest BCUT2D eigenvalue weighted by Crippen LogP contribution is 2.31. The summed E-state index contributed by atoms with van der Waals surface area (Å²) >= 11 is 3.59. The molecule has 88 valence electrons. The van der Waals surface area contributed by atoms with Crippen LogP contribution in [0.1, 0.15) is 5.56 Å². The van der Waals surface area contributed by atoms with Crippen molar-refractivity contribution in [3.63, 3.8) is 0 Å². The summed E-state index contributed by atoms with van der Waals surface area (Å²) in [5, 5.41) is 2.42. The lowest BCUT2D eigenvalue weighted by Gasteiger charge is -2.08. The quantitative estimate of drug-likeness (QED) is 0.618. The van der Waals surface area contributed by atoms with Gasteiger partial charge < -0.3 is 0 Å². The second-order valence-electron chi connectivity index (χ2n) is 4.36. The van der Waals surface area contributed by atoms with Crippen LogP contribution in [0.15, 0.2) is 59.2 Å². The average Bonchev–Trinajstić information content (AvgIpc) is 2.38. The van der Waals surface area contributed by atoms with E-state index in [2.05, 4.69) is 58.2 Å². The Morgan fingerprint density at radius 2 is 1.83 bits per heavy atom. The van der Waals surface area contributed by atoms with Crippen LogP contribution in [0.4, 0.5) is 0 Å². The average molecular weight is 298 g/mol. The fraction of sp³-hybridized carbons (Fsp3) is 0.0625. The molecule has 2 aromatic carbocycles. The van der Waals surface area contributed by atoms with Crippen molar-refractivity contribution in [2.24, 2.45) is 0 Å². The molecule has 0 spiro atoms. The van der Waals surface area contributed by atoms with Crippen LogP contribution in [0.2, 0.25) is 0 Å². The summed E-state index contributed by atoms with van der Waals surface area (Å²) in [6, 6.07) is 16.7. The highest BCUT2D eigenvalue weighted by atomic mass is 79.9. The van der Waals surface area contributed by atoms with Crippen molar-refractivity contribution in [2.75, 3.05) is 0 Å². The Balaban J connectivity index is 2.33. The van der Waals surface area contributed by atoms with Gasteiger partial charge in [0, 0.05) is 21.6 Å². The molecule has 18 heavy (non-hydrogen) atoms. The molecule has 0 aliphatic heterocycles.